The van der Waals surface area contributed by atoms with E-state index >= 15 is 0 Å². The highest BCUT2D eigenvalue weighted by atomic mass is 16.5. The Bertz CT molecular complexity index is 879. The number of hydrogen-bond acceptors (Lipinski definition) is 3. The Kier molecular flexibility index (Phi) is 9.18. The SMILES string of the molecule is CCOC(=O)C#CC(=O)C[C@H]1CC[C@@]2(C)[C@@H](CC[C@@H]3[C@@H]2CC[C@]2(C)[C@@H]([C@H](C)CCCC(C)C)CC[C@@H]32)C1. The zero-order valence-corrected chi connectivity index (χ0v) is 24.7. The van der Waals surface area contributed by atoms with E-state index in [9.17, 15) is 9.59 Å². The summed E-state index contributed by atoms with van der Waals surface area (Å²) >= 11 is 0. The minimum Gasteiger partial charge on any atom is -0.456 e. The molecule has 0 saturated heterocycles. The lowest BCUT2D eigenvalue weighted by Gasteiger charge is -2.61. The fourth-order valence-electron chi connectivity index (χ4n) is 10.2. The second kappa shape index (κ2) is 11.8. The van der Waals surface area contributed by atoms with Gasteiger partial charge in [0.15, 0.2) is 0 Å². The second-order valence-corrected chi connectivity index (χ2v) is 14.4. The predicted molar refractivity (Wildman–Crippen MR) is 151 cm³/mol. The summed E-state index contributed by atoms with van der Waals surface area (Å²) in [5.41, 5.74) is 1.00. The fourth-order valence-corrected chi connectivity index (χ4v) is 10.2. The van der Waals surface area contributed by atoms with Crippen molar-refractivity contribution in [3.05, 3.63) is 0 Å². The molecule has 4 rings (SSSR count). The molecule has 208 valence electrons. The quantitative estimate of drug-likeness (QED) is 0.143. The standard InChI is InChI=1S/C34H54O3/c1-7-37-32(36)16-12-27(35)22-25-17-19-33(5)26(21-25)11-13-28-30-15-14-29(24(4)10-8-9-23(2)3)34(30,6)20-18-31(28)33/h23-26,28-31H,7-11,13-15,17-22H2,1-6H3/t24-,25+,26+,28+,29-,30+,31+,33+,34-/m1/s1. The van der Waals surface area contributed by atoms with E-state index in [1.165, 1.54) is 70.6 Å². The van der Waals surface area contributed by atoms with Crippen molar-refractivity contribution >= 4 is 11.8 Å². The van der Waals surface area contributed by atoms with E-state index in [-0.39, 0.29) is 5.78 Å². The van der Waals surface area contributed by atoms with Gasteiger partial charge in [-0.2, -0.15) is 0 Å². The van der Waals surface area contributed by atoms with Crippen LogP contribution >= 0.6 is 0 Å². The summed E-state index contributed by atoms with van der Waals surface area (Å²) in [4.78, 5) is 23.9. The zero-order valence-electron chi connectivity index (χ0n) is 24.7. The summed E-state index contributed by atoms with van der Waals surface area (Å²) in [6.07, 6.45) is 16.8. The molecule has 0 N–H and O–H groups in total. The van der Waals surface area contributed by atoms with Crippen LogP contribution in [0.1, 0.15) is 125 Å². The Morgan fingerprint density at radius 1 is 0.892 bits per heavy atom. The van der Waals surface area contributed by atoms with E-state index in [1.807, 2.05) is 0 Å². The molecule has 0 spiro atoms. The van der Waals surface area contributed by atoms with Crippen molar-refractivity contribution in [2.45, 2.75) is 125 Å². The molecule has 0 bridgehead atoms. The van der Waals surface area contributed by atoms with Crippen molar-refractivity contribution in [2.24, 2.45) is 58.2 Å². The molecule has 3 nitrogen and oxygen atoms in total. The van der Waals surface area contributed by atoms with Gasteiger partial charge in [-0.25, -0.2) is 4.79 Å². The van der Waals surface area contributed by atoms with Crippen molar-refractivity contribution in [2.75, 3.05) is 6.61 Å². The van der Waals surface area contributed by atoms with Crippen molar-refractivity contribution in [1.29, 1.82) is 0 Å². The number of Topliss-reactive ketones (excluding diaryl/α,β-unsaturated/α-hetero) is 1. The Morgan fingerprint density at radius 3 is 2.35 bits per heavy atom. The molecule has 0 unspecified atom stereocenters. The molecule has 0 aromatic rings. The lowest BCUT2D eigenvalue weighted by Crippen LogP contribution is -2.53. The zero-order chi connectivity index (χ0) is 26.8. The topological polar surface area (TPSA) is 43.4 Å². The maximum absolute atomic E-state index is 12.5. The molecule has 0 amide bonds. The first kappa shape index (κ1) is 28.7. The smallest absolute Gasteiger partial charge is 0.384 e. The number of hydrogen-bond donors (Lipinski definition) is 0. The van der Waals surface area contributed by atoms with Gasteiger partial charge in [0.2, 0.25) is 5.78 Å². The first-order chi connectivity index (χ1) is 17.6. The molecule has 0 aromatic carbocycles. The summed E-state index contributed by atoms with van der Waals surface area (Å²) in [6.45, 7) is 14.7. The summed E-state index contributed by atoms with van der Waals surface area (Å²) in [7, 11) is 0. The lowest BCUT2D eigenvalue weighted by molar-refractivity contribution is -0.136. The van der Waals surface area contributed by atoms with Crippen LogP contribution in [0.4, 0.5) is 0 Å². The van der Waals surface area contributed by atoms with E-state index in [4.69, 9.17) is 4.74 Å². The number of rotatable bonds is 8. The summed E-state index contributed by atoms with van der Waals surface area (Å²) < 4.78 is 4.83. The number of fused-ring (bicyclic) bond motifs is 5. The van der Waals surface area contributed by atoms with Crippen LogP contribution < -0.4 is 0 Å². The van der Waals surface area contributed by atoms with Crippen LogP contribution in [0.2, 0.25) is 0 Å². The van der Waals surface area contributed by atoms with Crippen molar-refractivity contribution < 1.29 is 14.3 Å². The van der Waals surface area contributed by atoms with Crippen LogP contribution in [0.3, 0.4) is 0 Å². The molecule has 0 aliphatic heterocycles. The van der Waals surface area contributed by atoms with Gasteiger partial charge in [-0.15, -0.1) is 0 Å². The molecular weight excluding hydrogens is 456 g/mol. The Hall–Kier alpha value is -1.30. The van der Waals surface area contributed by atoms with Crippen LogP contribution in [0.25, 0.3) is 0 Å². The first-order valence-corrected chi connectivity index (χ1v) is 15.8. The Morgan fingerprint density at radius 2 is 1.62 bits per heavy atom. The number of carbonyl (C=O) groups excluding carboxylic acids is 2. The molecule has 4 aliphatic carbocycles. The average molecular weight is 511 g/mol. The van der Waals surface area contributed by atoms with Crippen LogP contribution in [-0.4, -0.2) is 18.4 Å². The monoisotopic (exact) mass is 510 g/mol. The predicted octanol–water partition coefficient (Wildman–Crippen LogP) is 8.25. The first-order valence-electron chi connectivity index (χ1n) is 15.8. The molecule has 4 aliphatic rings. The molecule has 0 radical (unpaired) electrons. The molecule has 37 heavy (non-hydrogen) atoms. The molecule has 9 atom stereocenters. The summed E-state index contributed by atoms with van der Waals surface area (Å²) in [6, 6.07) is 0. The Labute approximate surface area is 227 Å². The highest BCUT2D eigenvalue weighted by molar-refractivity contribution is 6.02. The van der Waals surface area contributed by atoms with Gasteiger partial charge in [0.1, 0.15) is 0 Å². The van der Waals surface area contributed by atoms with Gasteiger partial charge < -0.3 is 4.74 Å². The van der Waals surface area contributed by atoms with Gasteiger partial charge in [0, 0.05) is 12.3 Å². The lowest BCUT2D eigenvalue weighted by atomic mass is 9.44. The molecule has 0 heterocycles. The normalized spacial score (nSPS) is 39.5. The maximum atomic E-state index is 12.5. The third-order valence-electron chi connectivity index (χ3n) is 12.0. The summed E-state index contributed by atoms with van der Waals surface area (Å²) in [5, 5.41) is 0. The number of carbonyl (C=O) groups is 2. The van der Waals surface area contributed by atoms with Gasteiger partial charge in [-0.05, 0) is 129 Å². The molecule has 3 heteroatoms. The highest BCUT2D eigenvalue weighted by Gasteiger charge is 2.60. The van der Waals surface area contributed by atoms with Gasteiger partial charge in [0.25, 0.3) is 0 Å². The maximum Gasteiger partial charge on any atom is 0.384 e. The number of ketones is 1. The molecular formula is C34H54O3. The van der Waals surface area contributed by atoms with Crippen LogP contribution in [0.15, 0.2) is 0 Å². The Balaban J connectivity index is 1.36. The molecule has 4 saturated carbocycles. The van der Waals surface area contributed by atoms with Gasteiger partial charge >= 0.3 is 5.97 Å². The third-order valence-corrected chi connectivity index (χ3v) is 12.0. The van der Waals surface area contributed by atoms with Crippen molar-refractivity contribution in [3.63, 3.8) is 0 Å². The van der Waals surface area contributed by atoms with Crippen molar-refractivity contribution in [3.8, 4) is 11.8 Å². The summed E-state index contributed by atoms with van der Waals surface area (Å²) in [5.74, 6) is 10.7. The van der Waals surface area contributed by atoms with E-state index < -0.39 is 5.97 Å². The molecule has 0 aromatic heterocycles. The van der Waals surface area contributed by atoms with Gasteiger partial charge in [-0.1, -0.05) is 53.9 Å². The minimum atomic E-state index is -0.589. The fraction of sp³-hybridized carbons (Fsp3) is 0.882. The number of ether oxygens (including phenoxy) is 1. The van der Waals surface area contributed by atoms with E-state index in [2.05, 4.69) is 46.5 Å². The van der Waals surface area contributed by atoms with Crippen LogP contribution in [0, 0.1) is 70.0 Å². The van der Waals surface area contributed by atoms with Crippen molar-refractivity contribution in [1.82, 2.24) is 0 Å². The average Bonchev–Trinajstić information content (AvgIpc) is 3.20. The van der Waals surface area contributed by atoms with Crippen LogP contribution in [0.5, 0.6) is 0 Å². The number of esters is 1. The van der Waals surface area contributed by atoms with Gasteiger partial charge in [0.05, 0.1) is 6.61 Å². The largest absolute Gasteiger partial charge is 0.456 e. The molecule has 4 fully saturated rings. The van der Waals surface area contributed by atoms with Gasteiger partial charge in [-0.3, -0.25) is 4.79 Å². The van der Waals surface area contributed by atoms with E-state index in [1.54, 1.807) is 6.92 Å². The third kappa shape index (κ3) is 5.99. The minimum absolute atomic E-state index is 0.0942. The van der Waals surface area contributed by atoms with Crippen LogP contribution in [-0.2, 0) is 14.3 Å². The second-order valence-electron chi connectivity index (χ2n) is 14.4. The highest BCUT2D eigenvalue weighted by Crippen LogP contribution is 2.68. The van der Waals surface area contributed by atoms with E-state index in [0.29, 0.717) is 29.8 Å². The van der Waals surface area contributed by atoms with E-state index in [0.717, 1.165) is 47.8 Å².